The first-order valence-corrected chi connectivity index (χ1v) is 7.48. The zero-order valence-corrected chi connectivity index (χ0v) is 12.5. The molecule has 1 aliphatic carbocycles. The third-order valence-electron chi connectivity index (χ3n) is 4.42. The summed E-state index contributed by atoms with van der Waals surface area (Å²) in [6.45, 7) is 2.24. The average Bonchev–Trinajstić information content (AvgIpc) is 3.16. The molecule has 5 nitrogen and oxygen atoms in total. The third-order valence-corrected chi connectivity index (χ3v) is 4.42. The number of rotatable bonds is 4. The monoisotopic (exact) mass is 287 g/mol. The quantitative estimate of drug-likeness (QED) is 0.869. The zero-order chi connectivity index (χ0) is 14.8. The van der Waals surface area contributed by atoms with Crippen molar-refractivity contribution in [3.63, 3.8) is 0 Å². The second kappa shape index (κ2) is 5.76. The number of hydrogen-bond acceptors (Lipinski definition) is 5. The maximum Gasteiger partial charge on any atom is 0.260 e. The highest BCUT2D eigenvalue weighted by Gasteiger charge is 2.28. The maximum atomic E-state index is 6.00. The Hall–Kier alpha value is -2.04. The van der Waals surface area contributed by atoms with Crippen LogP contribution in [0, 0.1) is 5.92 Å². The van der Waals surface area contributed by atoms with Gasteiger partial charge < -0.3 is 15.0 Å². The summed E-state index contributed by atoms with van der Waals surface area (Å²) in [7, 11) is 1.62. The van der Waals surface area contributed by atoms with E-state index >= 15 is 0 Å². The van der Waals surface area contributed by atoms with Gasteiger partial charge in [-0.1, -0.05) is 18.5 Å². The van der Waals surface area contributed by atoms with Crippen molar-refractivity contribution in [3.8, 4) is 17.2 Å². The van der Waals surface area contributed by atoms with Gasteiger partial charge >= 0.3 is 0 Å². The molecule has 5 heteroatoms. The first kappa shape index (κ1) is 13.9. The molecule has 1 aliphatic rings. The molecular weight excluding hydrogens is 266 g/mol. The third kappa shape index (κ3) is 2.73. The van der Waals surface area contributed by atoms with Crippen LogP contribution in [-0.4, -0.2) is 17.3 Å². The number of nitrogen functional groups attached to an aromatic ring is 1. The van der Waals surface area contributed by atoms with Crippen molar-refractivity contribution in [2.75, 3.05) is 12.8 Å². The van der Waals surface area contributed by atoms with Crippen LogP contribution in [0.2, 0.25) is 0 Å². The molecule has 0 spiro atoms. The standard InChI is InChI=1S/C16H21N3O2/c1-3-10-4-5-11(8-10)15-18-16(21-19-15)13-9-12(20-2)6-7-14(13)17/h6-7,9-11H,3-5,8,17H2,1-2H3. The Bertz CT molecular complexity index is 624. The second-order valence-electron chi connectivity index (χ2n) is 5.70. The molecule has 3 rings (SSSR count). The molecule has 1 aromatic carbocycles. The van der Waals surface area contributed by atoms with Gasteiger partial charge in [0, 0.05) is 11.6 Å². The predicted octanol–water partition coefficient (Wildman–Crippen LogP) is 3.62. The van der Waals surface area contributed by atoms with Gasteiger partial charge in [0.05, 0.1) is 12.7 Å². The summed E-state index contributed by atoms with van der Waals surface area (Å²) < 4.78 is 10.6. The summed E-state index contributed by atoms with van der Waals surface area (Å²) in [6.07, 6.45) is 4.78. The number of aromatic nitrogens is 2. The Labute approximate surface area is 124 Å². The predicted molar refractivity (Wildman–Crippen MR) is 81.1 cm³/mol. The van der Waals surface area contributed by atoms with Crippen molar-refractivity contribution in [2.45, 2.75) is 38.5 Å². The normalized spacial score (nSPS) is 21.6. The van der Waals surface area contributed by atoms with Gasteiger partial charge in [-0.05, 0) is 43.4 Å². The van der Waals surface area contributed by atoms with Crippen LogP contribution in [0.4, 0.5) is 5.69 Å². The van der Waals surface area contributed by atoms with Gasteiger partial charge in [0.1, 0.15) is 5.75 Å². The van der Waals surface area contributed by atoms with E-state index in [-0.39, 0.29) is 0 Å². The zero-order valence-electron chi connectivity index (χ0n) is 12.5. The first-order chi connectivity index (χ1) is 10.2. The average molecular weight is 287 g/mol. The van der Waals surface area contributed by atoms with E-state index in [0.29, 0.717) is 17.5 Å². The minimum Gasteiger partial charge on any atom is -0.497 e. The Balaban J connectivity index is 1.85. The Morgan fingerprint density at radius 2 is 2.24 bits per heavy atom. The fraction of sp³-hybridized carbons (Fsp3) is 0.500. The van der Waals surface area contributed by atoms with E-state index in [2.05, 4.69) is 17.1 Å². The molecule has 0 bridgehead atoms. The van der Waals surface area contributed by atoms with Gasteiger partial charge in [0.15, 0.2) is 5.82 Å². The molecule has 21 heavy (non-hydrogen) atoms. The van der Waals surface area contributed by atoms with Gasteiger partial charge in [-0.2, -0.15) is 4.98 Å². The van der Waals surface area contributed by atoms with E-state index in [1.54, 1.807) is 13.2 Å². The molecule has 2 N–H and O–H groups in total. The summed E-state index contributed by atoms with van der Waals surface area (Å²) in [5.74, 6) is 3.22. The van der Waals surface area contributed by atoms with Crippen LogP contribution in [0.5, 0.6) is 5.75 Å². The number of hydrogen-bond donors (Lipinski definition) is 1. The molecule has 2 unspecified atom stereocenters. The highest BCUT2D eigenvalue weighted by Crippen LogP contribution is 2.39. The summed E-state index contributed by atoms with van der Waals surface area (Å²) >= 11 is 0. The van der Waals surface area contributed by atoms with Crippen LogP contribution >= 0.6 is 0 Å². The molecule has 1 saturated carbocycles. The van der Waals surface area contributed by atoms with E-state index in [9.17, 15) is 0 Å². The molecule has 2 atom stereocenters. The van der Waals surface area contributed by atoms with E-state index in [1.807, 2.05) is 12.1 Å². The number of nitrogens with two attached hydrogens (primary N) is 1. The van der Waals surface area contributed by atoms with Gasteiger partial charge in [-0.15, -0.1) is 0 Å². The topological polar surface area (TPSA) is 74.2 Å². The van der Waals surface area contributed by atoms with Gasteiger partial charge in [-0.25, -0.2) is 0 Å². The van der Waals surface area contributed by atoms with Crippen molar-refractivity contribution in [1.29, 1.82) is 0 Å². The van der Waals surface area contributed by atoms with Crippen LogP contribution in [0.15, 0.2) is 22.7 Å². The lowest BCUT2D eigenvalue weighted by Crippen LogP contribution is -1.97. The van der Waals surface area contributed by atoms with Crippen molar-refractivity contribution < 1.29 is 9.26 Å². The SMILES string of the molecule is CCC1CCC(c2noc(-c3cc(OC)ccc3N)n2)C1. The van der Waals surface area contributed by atoms with Crippen LogP contribution in [0.1, 0.15) is 44.3 Å². The lowest BCUT2D eigenvalue weighted by molar-refractivity contribution is 0.409. The molecule has 2 aromatic rings. The lowest BCUT2D eigenvalue weighted by atomic mass is 10.0. The highest BCUT2D eigenvalue weighted by atomic mass is 16.5. The van der Waals surface area contributed by atoms with Gasteiger partial charge in [0.25, 0.3) is 5.89 Å². The lowest BCUT2D eigenvalue weighted by Gasteiger charge is -2.05. The van der Waals surface area contributed by atoms with E-state index in [1.165, 1.54) is 12.8 Å². The van der Waals surface area contributed by atoms with Crippen molar-refractivity contribution in [1.82, 2.24) is 10.1 Å². The molecule has 1 aromatic heterocycles. The molecule has 0 radical (unpaired) electrons. The number of benzene rings is 1. The van der Waals surface area contributed by atoms with E-state index in [0.717, 1.165) is 35.9 Å². The van der Waals surface area contributed by atoms with Crippen LogP contribution < -0.4 is 10.5 Å². The molecular formula is C16H21N3O2. The summed E-state index contributed by atoms with van der Waals surface area (Å²) in [5, 5.41) is 4.16. The molecule has 0 saturated heterocycles. The molecule has 112 valence electrons. The number of ether oxygens (including phenoxy) is 1. The van der Waals surface area contributed by atoms with E-state index < -0.39 is 0 Å². The van der Waals surface area contributed by atoms with Crippen LogP contribution in [0.25, 0.3) is 11.5 Å². The minimum absolute atomic E-state index is 0.416. The van der Waals surface area contributed by atoms with Gasteiger partial charge in [-0.3, -0.25) is 0 Å². The maximum absolute atomic E-state index is 6.00. The number of methoxy groups -OCH3 is 1. The van der Waals surface area contributed by atoms with Crippen molar-refractivity contribution >= 4 is 5.69 Å². The van der Waals surface area contributed by atoms with Gasteiger partial charge in [0.2, 0.25) is 0 Å². The van der Waals surface area contributed by atoms with Crippen molar-refractivity contribution in [2.24, 2.45) is 5.92 Å². The van der Waals surface area contributed by atoms with Crippen LogP contribution in [-0.2, 0) is 0 Å². The fourth-order valence-corrected chi connectivity index (χ4v) is 3.04. The summed E-state index contributed by atoms with van der Waals surface area (Å²) in [5.41, 5.74) is 7.35. The largest absolute Gasteiger partial charge is 0.497 e. The summed E-state index contributed by atoms with van der Waals surface area (Å²) in [6, 6.07) is 5.44. The highest BCUT2D eigenvalue weighted by molar-refractivity contribution is 5.72. The molecule has 0 amide bonds. The Kier molecular flexibility index (Phi) is 3.82. The minimum atomic E-state index is 0.416. The van der Waals surface area contributed by atoms with Crippen LogP contribution in [0.3, 0.4) is 0 Å². The molecule has 1 heterocycles. The number of nitrogens with zero attached hydrogens (tertiary/aromatic N) is 2. The number of anilines is 1. The molecule has 1 fully saturated rings. The first-order valence-electron chi connectivity index (χ1n) is 7.48. The van der Waals surface area contributed by atoms with Crippen molar-refractivity contribution in [3.05, 3.63) is 24.0 Å². The second-order valence-corrected chi connectivity index (χ2v) is 5.70. The smallest absolute Gasteiger partial charge is 0.260 e. The molecule has 0 aliphatic heterocycles. The Morgan fingerprint density at radius 3 is 2.95 bits per heavy atom. The fourth-order valence-electron chi connectivity index (χ4n) is 3.04. The van der Waals surface area contributed by atoms with E-state index in [4.69, 9.17) is 15.0 Å². The Morgan fingerprint density at radius 1 is 1.38 bits per heavy atom. The summed E-state index contributed by atoms with van der Waals surface area (Å²) in [4.78, 5) is 4.55.